The van der Waals surface area contributed by atoms with E-state index in [1.807, 2.05) is 0 Å². The third-order valence-electron chi connectivity index (χ3n) is 5.61. The van der Waals surface area contributed by atoms with E-state index >= 15 is 0 Å². The van der Waals surface area contributed by atoms with Gasteiger partial charge >= 0.3 is 0 Å². The number of nitro groups is 1. The smallest absolute Gasteiger partial charge is 0.269 e. The van der Waals surface area contributed by atoms with E-state index in [0.717, 1.165) is 0 Å². The number of methoxy groups -OCH3 is 1. The van der Waals surface area contributed by atoms with E-state index in [1.165, 1.54) is 43.5 Å². The standard InChI is InChI=1S/C27H23N5O6/c1-3-28-26(34)17-8-13-23(38-2)22(15-17)30-31-24-20-7-5-4-6-16(20)14-21(25(24)33)27(35)29-18-9-11-19(12-10-18)32(36)37/h4-15,33H,3H2,1-2H3,(H,28,34)(H,29,35)/b31-30+. The van der Waals surface area contributed by atoms with E-state index in [0.29, 0.717) is 34.3 Å². The Balaban J connectivity index is 1.74. The van der Waals surface area contributed by atoms with Crippen LogP contribution in [-0.4, -0.2) is 35.5 Å². The lowest BCUT2D eigenvalue weighted by molar-refractivity contribution is -0.384. The fraction of sp³-hybridized carbons (Fsp3) is 0.111. The van der Waals surface area contributed by atoms with Gasteiger partial charge in [0.15, 0.2) is 5.75 Å². The van der Waals surface area contributed by atoms with Crippen LogP contribution in [0.5, 0.6) is 11.5 Å². The van der Waals surface area contributed by atoms with Crippen LogP contribution in [0.15, 0.2) is 83.0 Å². The molecule has 192 valence electrons. The van der Waals surface area contributed by atoms with Crippen molar-refractivity contribution in [2.45, 2.75) is 6.92 Å². The molecule has 0 saturated carbocycles. The maximum absolute atomic E-state index is 13.1. The van der Waals surface area contributed by atoms with Gasteiger partial charge in [-0.25, -0.2) is 0 Å². The number of aromatic hydroxyl groups is 1. The Bertz CT molecular complexity index is 1570. The van der Waals surface area contributed by atoms with Crippen LogP contribution in [-0.2, 0) is 0 Å². The highest BCUT2D eigenvalue weighted by Crippen LogP contribution is 2.40. The minimum atomic E-state index is -0.644. The fourth-order valence-electron chi connectivity index (χ4n) is 3.73. The molecule has 0 unspecified atom stereocenters. The zero-order valence-corrected chi connectivity index (χ0v) is 20.5. The molecule has 0 radical (unpaired) electrons. The van der Waals surface area contributed by atoms with E-state index in [-0.39, 0.29) is 28.5 Å². The van der Waals surface area contributed by atoms with Crippen molar-refractivity contribution in [3.63, 3.8) is 0 Å². The third-order valence-corrected chi connectivity index (χ3v) is 5.61. The first-order chi connectivity index (χ1) is 18.3. The maximum Gasteiger partial charge on any atom is 0.269 e. The van der Waals surface area contributed by atoms with Crippen molar-refractivity contribution in [1.29, 1.82) is 0 Å². The number of phenolic OH excluding ortho intramolecular Hbond substituents is 1. The highest BCUT2D eigenvalue weighted by Gasteiger charge is 2.19. The van der Waals surface area contributed by atoms with E-state index < -0.39 is 16.6 Å². The summed E-state index contributed by atoms with van der Waals surface area (Å²) in [4.78, 5) is 35.7. The number of azo groups is 1. The first-order valence-electron chi connectivity index (χ1n) is 11.5. The van der Waals surface area contributed by atoms with Crippen LogP contribution in [0.25, 0.3) is 10.8 Å². The maximum atomic E-state index is 13.1. The monoisotopic (exact) mass is 513 g/mol. The lowest BCUT2D eigenvalue weighted by Crippen LogP contribution is -2.22. The molecular weight excluding hydrogens is 490 g/mol. The highest BCUT2D eigenvalue weighted by atomic mass is 16.6. The Morgan fingerprint density at radius 2 is 1.74 bits per heavy atom. The molecule has 0 atom stereocenters. The van der Waals surface area contributed by atoms with Crippen LogP contribution < -0.4 is 15.4 Å². The minimum Gasteiger partial charge on any atom is -0.505 e. The normalized spacial score (nSPS) is 10.9. The van der Waals surface area contributed by atoms with Crippen LogP contribution in [0.2, 0.25) is 0 Å². The van der Waals surface area contributed by atoms with Crippen molar-refractivity contribution in [1.82, 2.24) is 5.32 Å². The van der Waals surface area contributed by atoms with Crippen molar-refractivity contribution in [2.24, 2.45) is 10.2 Å². The molecule has 11 nitrogen and oxygen atoms in total. The average Bonchev–Trinajstić information content (AvgIpc) is 2.92. The van der Waals surface area contributed by atoms with Crippen LogP contribution in [0.4, 0.5) is 22.7 Å². The number of hydrogen-bond acceptors (Lipinski definition) is 8. The molecule has 2 amide bonds. The van der Waals surface area contributed by atoms with Gasteiger partial charge in [0.25, 0.3) is 17.5 Å². The molecule has 11 heteroatoms. The Labute approximate surface area is 216 Å². The van der Waals surface area contributed by atoms with Gasteiger partial charge in [0, 0.05) is 35.3 Å². The SMILES string of the molecule is CCNC(=O)c1ccc(OC)c(/N=N/c2c(O)c(C(=O)Nc3ccc([N+](=O)[O-])cc3)cc3ccccc23)c1. The number of benzene rings is 4. The Hall–Kier alpha value is -5.32. The molecule has 4 aromatic rings. The number of non-ortho nitro benzene ring substituents is 1. The van der Waals surface area contributed by atoms with Crippen molar-refractivity contribution >= 4 is 45.3 Å². The average molecular weight is 514 g/mol. The van der Waals surface area contributed by atoms with Crippen molar-refractivity contribution in [2.75, 3.05) is 19.0 Å². The number of hydrogen-bond donors (Lipinski definition) is 3. The molecule has 0 saturated heterocycles. The summed E-state index contributed by atoms with van der Waals surface area (Å²) < 4.78 is 5.34. The van der Waals surface area contributed by atoms with E-state index in [2.05, 4.69) is 20.9 Å². The van der Waals surface area contributed by atoms with E-state index in [4.69, 9.17) is 4.74 Å². The summed E-state index contributed by atoms with van der Waals surface area (Å²) in [7, 11) is 1.45. The largest absolute Gasteiger partial charge is 0.505 e. The second kappa shape index (κ2) is 11.2. The van der Waals surface area contributed by atoms with Gasteiger partial charge in [-0.1, -0.05) is 24.3 Å². The second-order valence-electron chi connectivity index (χ2n) is 8.05. The summed E-state index contributed by atoms with van der Waals surface area (Å²) in [5.41, 5.74) is 0.767. The van der Waals surface area contributed by atoms with Gasteiger partial charge in [-0.3, -0.25) is 19.7 Å². The summed E-state index contributed by atoms with van der Waals surface area (Å²) in [6.45, 7) is 2.26. The van der Waals surface area contributed by atoms with E-state index in [9.17, 15) is 24.8 Å². The summed E-state index contributed by atoms with van der Waals surface area (Å²) in [6.07, 6.45) is 0. The number of fused-ring (bicyclic) bond motifs is 1. The lowest BCUT2D eigenvalue weighted by Gasteiger charge is -2.11. The highest BCUT2D eigenvalue weighted by molar-refractivity contribution is 6.11. The number of carbonyl (C=O) groups excluding carboxylic acids is 2. The Morgan fingerprint density at radius 3 is 2.42 bits per heavy atom. The van der Waals surface area contributed by atoms with Gasteiger partial charge in [0.2, 0.25) is 0 Å². The zero-order chi connectivity index (χ0) is 27.2. The van der Waals surface area contributed by atoms with Crippen LogP contribution in [0, 0.1) is 10.1 Å². The van der Waals surface area contributed by atoms with Crippen molar-refractivity contribution in [3.05, 3.63) is 94.0 Å². The third kappa shape index (κ3) is 5.41. The zero-order valence-electron chi connectivity index (χ0n) is 20.5. The van der Waals surface area contributed by atoms with Crippen LogP contribution in [0.3, 0.4) is 0 Å². The number of carbonyl (C=O) groups is 2. The first kappa shape index (κ1) is 25.8. The molecule has 3 N–H and O–H groups in total. The predicted octanol–water partition coefficient (Wildman–Crippen LogP) is 5.88. The molecule has 4 aromatic carbocycles. The lowest BCUT2D eigenvalue weighted by atomic mass is 10.0. The second-order valence-corrected chi connectivity index (χ2v) is 8.05. The fourth-order valence-corrected chi connectivity index (χ4v) is 3.73. The van der Waals surface area contributed by atoms with Crippen molar-refractivity contribution in [3.8, 4) is 11.5 Å². The molecule has 38 heavy (non-hydrogen) atoms. The first-order valence-corrected chi connectivity index (χ1v) is 11.5. The number of nitro benzene ring substituents is 1. The summed E-state index contributed by atoms with van der Waals surface area (Å²) in [6, 6.07) is 18.5. The number of phenols is 1. The summed E-state index contributed by atoms with van der Waals surface area (Å²) in [5.74, 6) is -0.984. The number of anilines is 1. The molecule has 0 fully saturated rings. The van der Waals surface area contributed by atoms with Gasteiger partial charge < -0.3 is 20.5 Å². The van der Waals surface area contributed by atoms with Crippen molar-refractivity contribution < 1.29 is 24.4 Å². The van der Waals surface area contributed by atoms with Gasteiger partial charge in [0.1, 0.15) is 17.1 Å². The number of ether oxygens (including phenoxy) is 1. The van der Waals surface area contributed by atoms with Gasteiger partial charge in [-0.2, -0.15) is 0 Å². The molecule has 0 heterocycles. The molecule has 4 rings (SSSR count). The predicted molar refractivity (Wildman–Crippen MR) is 142 cm³/mol. The van der Waals surface area contributed by atoms with Gasteiger partial charge in [0.05, 0.1) is 17.6 Å². The van der Waals surface area contributed by atoms with Crippen LogP contribution in [0.1, 0.15) is 27.6 Å². The molecule has 0 aromatic heterocycles. The number of nitrogens with zero attached hydrogens (tertiary/aromatic N) is 3. The summed E-state index contributed by atoms with van der Waals surface area (Å²) >= 11 is 0. The summed E-state index contributed by atoms with van der Waals surface area (Å²) in [5, 5.41) is 36.9. The Kier molecular flexibility index (Phi) is 7.57. The minimum absolute atomic E-state index is 0.0439. The number of amides is 2. The van der Waals surface area contributed by atoms with E-state index in [1.54, 1.807) is 43.3 Å². The molecular formula is C27H23N5O6. The number of rotatable bonds is 8. The molecule has 0 spiro atoms. The molecule has 0 aliphatic carbocycles. The molecule has 0 aliphatic heterocycles. The van der Waals surface area contributed by atoms with Crippen LogP contribution >= 0.6 is 0 Å². The van der Waals surface area contributed by atoms with Gasteiger partial charge in [-0.05, 0) is 48.7 Å². The topological polar surface area (TPSA) is 156 Å². The molecule has 0 aliphatic rings. The quantitative estimate of drug-likeness (QED) is 0.152. The molecule has 0 bridgehead atoms. The Morgan fingerprint density at radius 1 is 1.00 bits per heavy atom. The van der Waals surface area contributed by atoms with Gasteiger partial charge in [-0.15, -0.1) is 10.2 Å². The number of nitrogens with one attached hydrogen (secondary N) is 2.